The van der Waals surface area contributed by atoms with Crippen molar-refractivity contribution in [2.24, 2.45) is 0 Å². The minimum absolute atomic E-state index is 0.0817. The molecule has 0 rings (SSSR count). The van der Waals surface area contributed by atoms with Gasteiger partial charge in [0.2, 0.25) is 5.91 Å². The second-order valence-corrected chi connectivity index (χ2v) is 4.60. The number of hydrogen-bond acceptors (Lipinski definition) is 3. The van der Waals surface area contributed by atoms with Crippen molar-refractivity contribution in [2.45, 2.75) is 33.2 Å². The van der Waals surface area contributed by atoms with E-state index < -0.39 is 12.0 Å². The first kappa shape index (κ1) is 17.2. The van der Waals surface area contributed by atoms with E-state index in [4.69, 9.17) is 5.11 Å². The van der Waals surface area contributed by atoms with Gasteiger partial charge in [0.1, 0.15) is 13.1 Å². The van der Waals surface area contributed by atoms with E-state index in [1.165, 1.54) is 16.8 Å². The molecule has 110 valence electrons. The number of aliphatic carboxylic acids is 1. The molecule has 2 N–H and O–H groups in total. The van der Waals surface area contributed by atoms with Gasteiger partial charge in [-0.25, -0.2) is 4.79 Å². The Kier molecular flexibility index (Phi) is 7.55. The third kappa shape index (κ3) is 6.64. The molecule has 0 aromatic rings. The zero-order chi connectivity index (χ0) is 15.0. The smallest absolute Gasteiger partial charge is 0.323 e. The average Bonchev–Trinajstić information content (AvgIpc) is 2.31. The standard InChI is InChI=1S/C12H23N3O4/c1-5-6-13-10(16)7-14(4)12(19)15(9(2)3)8-11(17)18/h9H,5-8H2,1-4H3,(H,13,16)(H,17,18). The van der Waals surface area contributed by atoms with Crippen LogP contribution < -0.4 is 5.32 Å². The van der Waals surface area contributed by atoms with Crippen LogP contribution in [0.5, 0.6) is 0 Å². The van der Waals surface area contributed by atoms with Crippen LogP contribution in [-0.2, 0) is 9.59 Å². The van der Waals surface area contributed by atoms with Crippen LogP contribution in [0, 0.1) is 0 Å². The maximum Gasteiger partial charge on any atom is 0.323 e. The van der Waals surface area contributed by atoms with Gasteiger partial charge in [-0.05, 0) is 20.3 Å². The lowest BCUT2D eigenvalue weighted by molar-refractivity contribution is -0.138. The van der Waals surface area contributed by atoms with Crippen LogP contribution in [0.2, 0.25) is 0 Å². The van der Waals surface area contributed by atoms with Crippen molar-refractivity contribution in [3.63, 3.8) is 0 Å². The van der Waals surface area contributed by atoms with Crippen LogP contribution in [0.4, 0.5) is 4.79 Å². The molecule has 0 unspecified atom stereocenters. The molecule has 0 aliphatic carbocycles. The van der Waals surface area contributed by atoms with Crippen molar-refractivity contribution >= 4 is 17.9 Å². The minimum atomic E-state index is -1.08. The number of nitrogens with zero attached hydrogens (tertiary/aromatic N) is 2. The molecular weight excluding hydrogens is 250 g/mol. The summed E-state index contributed by atoms with van der Waals surface area (Å²) < 4.78 is 0. The lowest BCUT2D eigenvalue weighted by Gasteiger charge is -2.29. The summed E-state index contributed by atoms with van der Waals surface area (Å²) in [5.41, 5.74) is 0. The molecule has 0 spiro atoms. The van der Waals surface area contributed by atoms with Crippen LogP contribution in [0.3, 0.4) is 0 Å². The number of carboxylic acids is 1. The minimum Gasteiger partial charge on any atom is -0.480 e. The van der Waals surface area contributed by atoms with Gasteiger partial charge in [0, 0.05) is 19.6 Å². The van der Waals surface area contributed by atoms with Crippen LogP contribution in [0.25, 0.3) is 0 Å². The summed E-state index contributed by atoms with van der Waals surface area (Å²) in [4.78, 5) is 36.7. The van der Waals surface area contributed by atoms with Crippen molar-refractivity contribution < 1.29 is 19.5 Å². The molecule has 0 heterocycles. The van der Waals surface area contributed by atoms with E-state index in [-0.39, 0.29) is 25.0 Å². The molecule has 0 aromatic heterocycles. The average molecular weight is 273 g/mol. The number of urea groups is 1. The maximum absolute atomic E-state index is 12.0. The fourth-order valence-corrected chi connectivity index (χ4v) is 1.44. The zero-order valence-electron chi connectivity index (χ0n) is 12.0. The third-order valence-corrected chi connectivity index (χ3v) is 2.45. The number of carboxylic acid groups (broad SMARTS) is 1. The first-order valence-corrected chi connectivity index (χ1v) is 6.29. The van der Waals surface area contributed by atoms with Crippen molar-refractivity contribution in [1.82, 2.24) is 15.1 Å². The second kappa shape index (κ2) is 8.34. The summed E-state index contributed by atoms with van der Waals surface area (Å²) in [5, 5.41) is 11.4. The molecule has 19 heavy (non-hydrogen) atoms. The molecule has 0 saturated heterocycles. The molecule has 7 heteroatoms. The first-order chi connectivity index (χ1) is 8.79. The van der Waals surface area contributed by atoms with E-state index in [0.29, 0.717) is 6.54 Å². The summed E-state index contributed by atoms with van der Waals surface area (Å²) in [7, 11) is 1.48. The highest BCUT2D eigenvalue weighted by Gasteiger charge is 2.24. The van der Waals surface area contributed by atoms with Crippen molar-refractivity contribution in [3.8, 4) is 0 Å². The Morgan fingerprint density at radius 2 is 1.79 bits per heavy atom. The fraction of sp³-hybridized carbons (Fsp3) is 0.750. The molecule has 0 atom stereocenters. The van der Waals surface area contributed by atoms with Gasteiger partial charge in [-0.3, -0.25) is 9.59 Å². The highest BCUT2D eigenvalue weighted by Crippen LogP contribution is 2.03. The van der Waals surface area contributed by atoms with E-state index in [2.05, 4.69) is 5.32 Å². The normalized spacial score (nSPS) is 10.2. The Hall–Kier alpha value is -1.79. The molecule has 7 nitrogen and oxygen atoms in total. The van der Waals surface area contributed by atoms with E-state index in [0.717, 1.165) is 6.42 Å². The number of hydrogen-bond donors (Lipinski definition) is 2. The van der Waals surface area contributed by atoms with Gasteiger partial charge in [0.05, 0.1) is 0 Å². The molecule has 0 aliphatic heterocycles. The lowest BCUT2D eigenvalue weighted by atomic mass is 10.3. The Balaban J connectivity index is 4.50. The van der Waals surface area contributed by atoms with E-state index in [9.17, 15) is 14.4 Å². The van der Waals surface area contributed by atoms with E-state index >= 15 is 0 Å². The number of likely N-dealkylation sites (N-methyl/N-ethyl adjacent to an activating group) is 1. The van der Waals surface area contributed by atoms with Crippen molar-refractivity contribution in [1.29, 1.82) is 0 Å². The maximum atomic E-state index is 12.0. The SMILES string of the molecule is CCCNC(=O)CN(C)C(=O)N(CC(=O)O)C(C)C. The van der Waals surface area contributed by atoms with Gasteiger partial charge in [-0.1, -0.05) is 6.92 Å². The third-order valence-electron chi connectivity index (χ3n) is 2.45. The summed E-state index contributed by atoms with van der Waals surface area (Å²) in [6.45, 7) is 5.49. The molecular formula is C12H23N3O4. The Labute approximate surface area is 113 Å². The Morgan fingerprint density at radius 3 is 2.21 bits per heavy atom. The summed E-state index contributed by atoms with van der Waals surface area (Å²) >= 11 is 0. The monoisotopic (exact) mass is 273 g/mol. The largest absolute Gasteiger partial charge is 0.480 e. The fourth-order valence-electron chi connectivity index (χ4n) is 1.44. The number of rotatable bonds is 7. The highest BCUT2D eigenvalue weighted by atomic mass is 16.4. The number of amides is 3. The number of nitrogens with one attached hydrogen (secondary N) is 1. The summed E-state index contributed by atoms with van der Waals surface area (Å²) in [5.74, 6) is -1.33. The Morgan fingerprint density at radius 1 is 1.21 bits per heavy atom. The topological polar surface area (TPSA) is 90.0 Å². The molecule has 0 aliphatic rings. The molecule has 0 saturated carbocycles. The predicted octanol–water partition coefficient (Wildman–Crippen LogP) is 0.359. The Bertz CT molecular complexity index is 331. The quantitative estimate of drug-likeness (QED) is 0.700. The van der Waals surface area contributed by atoms with Crippen LogP contribution in [-0.4, -0.2) is 65.5 Å². The summed E-state index contributed by atoms with van der Waals surface area (Å²) in [6, 6.07) is -0.714. The van der Waals surface area contributed by atoms with Crippen molar-refractivity contribution in [3.05, 3.63) is 0 Å². The highest BCUT2D eigenvalue weighted by molar-refractivity contribution is 5.85. The van der Waals surface area contributed by atoms with Crippen LogP contribution in [0.15, 0.2) is 0 Å². The predicted molar refractivity (Wildman–Crippen MR) is 70.8 cm³/mol. The van der Waals surface area contributed by atoms with Gasteiger partial charge in [0.15, 0.2) is 0 Å². The van der Waals surface area contributed by atoms with Crippen LogP contribution in [0.1, 0.15) is 27.2 Å². The van der Waals surface area contributed by atoms with Crippen molar-refractivity contribution in [2.75, 3.05) is 26.7 Å². The molecule has 0 radical (unpaired) electrons. The molecule has 0 bridgehead atoms. The second-order valence-electron chi connectivity index (χ2n) is 4.60. The molecule has 0 fully saturated rings. The number of carbonyl (C=O) groups excluding carboxylic acids is 2. The van der Waals surface area contributed by atoms with Gasteiger partial charge in [-0.15, -0.1) is 0 Å². The zero-order valence-corrected chi connectivity index (χ0v) is 12.0. The summed E-state index contributed by atoms with van der Waals surface area (Å²) in [6.07, 6.45) is 0.820. The number of carbonyl (C=O) groups is 3. The van der Waals surface area contributed by atoms with Gasteiger partial charge in [-0.2, -0.15) is 0 Å². The molecule has 3 amide bonds. The van der Waals surface area contributed by atoms with Gasteiger partial charge in [0.25, 0.3) is 0 Å². The van der Waals surface area contributed by atoms with Crippen LogP contribution >= 0.6 is 0 Å². The molecule has 0 aromatic carbocycles. The lowest BCUT2D eigenvalue weighted by Crippen LogP contribution is -2.49. The van der Waals surface area contributed by atoms with Gasteiger partial charge >= 0.3 is 12.0 Å². The van der Waals surface area contributed by atoms with E-state index in [1.807, 2.05) is 6.92 Å². The van der Waals surface area contributed by atoms with E-state index in [1.54, 1.807) is 13.8 Å². The first-order valence-electron chi connectivity index (χ1n) is 6.29. The van der Waals surface area contributed by atoms with Gasteiger partial charge < -0.3 is 20.2 Å².